The van der Waals surface area contributed by atoms with Crippen LogP contribution in [0.2, 0.25) is 0 Å². The van der Waals surface area contributed by atoms with E-state index in [0.29, 0.717) is 11.0 Å². The van der Waals surface area contributed by atoms with Crippen molar-refractivity contribution < 1.29 is 4.79 Å². The number of likely N-dealkylation sites (tertiary alicyclic amines) is 1. The number of carbonyl (C=O) groups is 1. The molecule has 3 aliphatic rings. The van der Waals surface area contributed by atoms with E-state index in [4.69, 9.17) is 0 Å². The molecule has 0 aromatic rings. The normalized spacial score (nSPS) is 36.7. The fraction of sp³-hybridized carbons (Fsp3) is 0.632. The van der Waals surface area contributed by atoms with Crippen LogP contribution in [0.5, 0.6) is 0 Å². The molecule has 0 bridgehead atoms. The molecule has 0 radical (unpaired) electrons. The van der Waals surface area contributed by atoms with Crippen LogP contribution in [0.3, 0.4) is 0 Å². The molecule has 0 aromatic carbocycles. The Morgan fingerprint density at radius 2 is 1.76 bits per heavy atom. The molecule has 3 rings (SSSR count). The van der Waals surface area contributed by atoms with Crippen molar-refractivity contribution in [2.75, 3.05) is 13.1 Å². The van der Waals surface area contributed by atoms with Gasteiger partial charge in [0.15, 0.2) is 0 Å². The van der Waals surface area contributed by atoms with Crippen molar-refractivity contribution in [3.63, 3.8) is 0 Å². The number of fused-ring (bicyclic) bond motifs is 1. The van der Waals surface area contributed by atoms with Crippen molar-refractivity contribution in [3.8, 4) is 0 Å². The summed E-state index contributed by atoms with van der Waals surface area (Å²) in [5.41, 5.74) is 3.97. The third-order valence-electron chi connectivity index (χ3n) is 6.38. The molecule has 2 nitrogen and oxygen atoms in total. The van der Waals surface area contributed by atoms with Gasteiger partial charge in [-0.15, -0.1) is 0 Å². The van der Waals surface area contributed by atoms with Crippen LogP contribution in [0.1, 0.15) is 47.0 Å². The summed E-state index contributed by atoms with van der Waals surface area (Å²) in [6.45, 7) is 18.9. The molecule has 2 heteroatoms. The zero-order valence-electron chi connectivity index (χ0n) is 13.9. The van der Waals surface area contributed by atoms with Gasteiger partial charge in [-0.3, -0.25) is 4.79 Å². The minimum absolute atomic E-state index is 0.115. The third-order valence-corrected chi connectivity index (χ3v) is 6.38. The van der Waals surface area contributed by atoms with Gasteiger partial charge >= 0.3 is 0 Å². The summed E-state index contributed by atoms with van der Waals surface area (Å²) in [6, 6.07) is 0. The monoisotopic (exact) mass is 285 g/mol. The van der Waals surface area contributed by atoms with Crippen molar-refractivity contribution in [1.82, 2.24) is 4.90 Å². The van der Waals surface area contributed by atoms with E-state index < -0.39 is 0 Å². The summed E-state index contributed by atoms with van der Waals surface area (Å²) in [4.78, 5) is 14.6. The van der Waals surface area contributed by atoms with Crippen molar-refractivity contribution in [2.24, 2.45) is 16.2 Å². The molecule has 0 aromatic heterocycles. The number of allylic oxidation sites excluding steroid dienone is 2. The lowest BCUT2D eigenvalue weighted by Crippen LogP contribution is -2.33. The molecule has 21 heavy (non-hydrogen) atoms. The number of carbonyl (C=O) groups excluding carboxylic acids is 1. The van der Waals surface area contributed by atoms with Crippen LogP contribution < -0.4 is 0 Å². The molecule has 1 saturated heterocycles. The molecule has 1 aliphatic heterocycles. The number of amides is 1. The number of nitrogens with zero attached hydrogens (tertiary/aromatic N) is 1. The van der Waals surface area contributed by atoms with Gasteiger partial charge in [0.25, 0.3) is 5.91 Å². The molecular weight excluding hydrogens is 258 g/mol. The minimum atomic E-state index is 0.115. The summed E-state index contributed by atoms with van der Waals surface area (Å²) in [5, 5.41) is 0. The molecule has 2 atom stereocenters. The van der Waals surface area contributed by atoms with Crippen molar-refractivity contribution in [2.45, 2.75) is 47.0 Å². The second kappa shape index (κ2) is 4.12. The van der Waals surface area contributed by atoms with Crippen molar-refractivity contribution in [3.05, 3.63) is 36.0 Å². The first-order valence-corrected chi connectivity index (χ1v) is 8.05. The number of rotatable bonds is 2. The minimum Gasteiger partial charge on any atom is -0.339 e. The largest absolute Gasteiger partial charge is 0.339 e. The van der Waals surface area contributed by atoms with Crippen LogP contribution in [-0.4, -0.2) is 23.9 Å². The van der Waals surface area contributed by atoms with E-state index in [0.717, 1.165) is 25.9 Å². The average Bonchev–Trinajstić information content (AvgIpc) is 3.14. The SMILES string of the molecule is C=C(C=C1C2(C)C(=C)C12C)C(=O)N1CCCC(C)(C)CC1. The molecule has 114 valence electrons. The Morgan fingerprint density at radius 3 is 2.33 bits per heavy atom. The predicted octanol–water partition coefficient (Wildman–Crippen LogP) is 4.10. The third kappa shape index (κ3) is 1.88. The van der Waals surface area contributed by atoms with Gasteiger partial charge in [0.1, 0.15) is 0 Å². The summed E-state index contributed by atoms with van der Waals surface area (Å²) in [6.07, 6.45) is 5.39. The highest BCUT2D eigenvalue weighted by atomic mass is 16.2. The van der Waals surface area contributed by atoms with Gasteiger partial charge in [0.2, 0.25) is 0 Å². The van der Waals surface area contributed by atoms with Gasteiger partial charge in [-0.2, -0.15) is 0 Å². The van der Waals surface area contributed by atoms with Gasteiger partial charge in [-0.1, -0.05) is 46.4 Å². The maximum absolute atomic E-state index is 12.6. The van der Waals surface area contributed by atoms with Gasteiger partial charge in [-0.25, -0.2) is 0 Å². The van der Waals surface area contributed by atoms with Crippen LogP contribution in [0.15, 0.2) is 36.0 Å². The smallest absolute Gasteiger partial charge is 0.253 e. The first kappa shape index (κ1) is 14.6. The second-order valence-electron chi connectivity index (χ2n) is 8.12. The molecule has 0 N–H and O–H groups in total. The first-order valence-electron chi connectivity index (χ1n) is 8.05. The average molecular weight is 285 g/mol. The van der Waals surface area contributed by atoms with E-state index in [-0.39, 0.29) is 16.7 Å². The van der Waals surface area contributed by atoms with Gasteiger partial charge in [0, 0.05) is 29.5 Å². The fourth-order valence-electron chi connectivity index (χ4n) is 4.12. The lowest BCUT2D eigenvalue weighted by atomic mass is 9.85. The molecule has 2 aliphatic carbocycles. The summed E-state index contributed by atoms with van der Waals surface area (Å²) >= 11 is 0. The predicted molar refractivity (Wildman–Crippen MR) is 86.8 cm³/mol. The highest BCUT2D eigenvalue weighted by Gasteiger charge is 2.85. The highest BCUT2D eigenvalue weighted by Crippen LogP contribution is 2.92. The molecule has 2 saturated carbocycles. The molecule has 3 fully saturated rings. The highest BCUT2D eigenvalue weighted by molar-refractivity contribution is 5.97. The zero-order valence-corrected chi connectivity index (χ0v) is 13.9. The lowest BCUT2D eigenvalue weighted by molar-refractivity contribution is -0.126. The Bertz CT molecular complexity index is 562. The zero-order chi connectivity index (χ0) is 15.6. The summed E-state index contributed by atoms with van der Waals surface area (Å²) in [7, 11) is 0. The van der Waals surface area contributed by atoms with E-state index in [1.54, 1.807) is 0 Å². The first-order chi connectivity index (χ1) is 9.64. The molecular formula is C19H27NO. The Balaban J connectivity index is 1.66. The van der Waals surface area contributed by atoms with Crippen LogP contribution in [0, 0.1) is 16.2 Å². The molecule has 0 spiro atoms. The van der Waals surface area contributed by atoms with E-state index >= 15 is 0 Å². The fourth-order valence-corrected chi connectivity index (χ4v) is 4.12. The quantitative estimate of drug-likeness (QED) is 0.552. The van der Waals surface area contributed by atoms with E-state index in [1.165, 1.54) is 17.6 Å². The van der Waals surface area contributed by atoms with E-state index in [9.17, 15) is 4.79 Å². The molecule has 1 heterocycles. The lowest BCUT2D eigenvalue weighted by Gasteiger charge is -2.23. The summed E-state index contributed by atoms with van der Waals surface area (Å²) < 4.78 is 0. The molecule has 2 unspecified atom stereocenters. The topological polar surface area (TPSA) is 20.3 Å². The Morgan fingerprint density at radius 1 is 1.14 bits per heavy atom. The van der Waals surface area contributed by atoms with Gasteiger partial charge in [0.05, 0.1) is 0 Å². The standard InChI is InChI=1S/C19H27NO/c1-13(12-15-18(5)14(2)19(15,18)6)16(21)20-10-7-8-17(3,4)9-11-20/h12H,1-2,7-11H2,3-6H3. The van der Waals surface area contributed by atoms with Crippen LogP contribution in [0.25, 0.3) is 0 Å². The van der Waals surface area contributed by atoms with Crippen LogP contribution >= 0.6 is 0 Å². The summed E-state index contributed by atoms with van der Waals surface area (Å²) in [5.74, 6) is 0.115. The van der Waals surface area contributed by atoms with E-state index in [2.05, 4.69) is 40.9 Å². The number of hydrogen-bond donors (Lipinski definition) is 0. The molecule has 1 amide bonds. The van der Waals surface area contributed by atoms with E-state index in [1.807, 2.05) is 11.0 Å². The maximum Gasteiger partial charge on any atom is 0.253 e. The Kier molecular flexibility index (Phi) is 2.87. The second-order valence-corrected chi connectivity index (χ2v) is 8.12. The Labute approximate surface area is 128 Å². The Hall–Kier alpha value is -1.31. The van der Waals surface area contributed by atoms with Crippen molar-refractivity contribution >= 4 is 5.91 Å². The van der Waals surface area contributed by atoms with Gasteiger partial charge < -0.3 is 4.90 Å². The van der Waals surface area contributed by atoms with Gasteiger partial charge in [-0.05, 0) is 36.3 Å². The van der Waals surface area contributed by atoms with Crippen LogP contribution in [-0.2, 0) is 4.79 Å². The maximum atomic E-state index is 12.6. The van der Waals surface area contributed by atoms with Crippen LogP contribution in [0.4, 0.5) is 0 Å². The number of hydrogen-bond acceptors (Lipinski definition) is 1. The van der Waals surface area contributed by atoms with Crippen molar-refractivity contribution in [1.29, 1.82) is 0 Å².